The Kier molecular flexibility index (Phi) is 2.37. The zero-order chi connectivity index (χ0) is 12.5. The average Bonchev–Trinajstić information content (AvgIpc) is 2.97. The molecule has 0 radical (unpaired) electrons. The van der Waals surface area contributed by atoms with Crippen LogP contribution >= 0.6 is 0 Å². The first-order chi connectivity index (χ1) is 8.74. The molecule has 2 N–H and O–H groups in total. The van der Waals surface area contributed by atoms with Crippen LogP contribution in [0.15, 0.2) is 41.2 Å². The van der Waals surface area contributed by atoms with Crippen LogP contribution in [0.5, 0.6) is 0 Å². The standard InChI is InChI=1S/C13H10N2O3/c16-12-10-2-1-9(5-11(10)13(17)15-12)14-6-8-3-4-18-7-8/h1-5,7,14H,6H2,(H,15,16,17). The number of carbonyl (C=O) groups is 2. The van der Waals surface area contributed by atoms with Crippen molar-refractivity contribution >= 4 is 17.5 Å². The molecule has 3 rings (SSSR count). The molecule has 5 heteroatoms. The van der Waals surface area contributed by atoms with E-state index in [1.807, 2.05) is 6.07 Å². The summed E-state index contributed by atoms with van der Waals surface area (Å²) in [4.78, 5) is 22.9. The van der Waals surface area contributed by atoms with Gasteiger partial charge in [0, 0.05) is 17.8 Å². The molecule has 5 nitrogen and oxygen atoms in total. The highest BCUT2D eigenvalue weighted by molar-refractivity contribution is 6.21. The van der Waals surface area contributed by atoms with Gasteiger partial charge in [-0.25, -0.2) is 0 Å². The highest BCUT2D eigenvalue weighted by Gasteiger charge is 2.26. The molecule has 0 saturated heterocycles. The molecule has 2 amide bonds. The average molecular weight is 242 g/mol. The number of hydrogen-bond acceptors (Lipinski definition) is 4. The van der Waals surface area contributed by atoms with Crippen molar-refractivity contribution in [2.45, 2.75) is 6.54 Å². The van der Waals surface area contributed by atoms with Crippen LogP contribution in [0.4, 0.5) is 5.69 Å². The van der Waals surface area contributed by atoms with E-state index in [0.717, 1.165) is 11.3 Å². The number of nitrogens with one attached hydrogen (secondary N) is 2. The molecule has 18 heavy (non-hydrogen) atoms. The van der Waals surface area contributed by atoms with E-state index in [-0.39, 0.29) is 11.8 Å². The molecule has 2 heterocycles. The van der Waals surface area contributed by atoms with E-state index in [1.54, 1.807) is 30.7 Å². The first-order valence-electron chi connectivity index (χ1n) is 5.49. The zero-order valence-electron chi connectivity index (χ0n) is 9.40. The van der Waals surface area contributed by atoms with E-state index in [2.05, 4.69) is 10.6 Å². The monoisotopic (exact) mass is 242 g/mol. The second-order valence-electron chi connectivity index (χ2n) is 4.03. The van der Waals surface area contributed by atoms with E-state index in [4.69, 9.17) is 4.42 Å². The first kappa shape index (κ1) is 10.6. The third kappa shape index (κ3) is 1.75. The second-order valence-corrected chi connectivity index (χ2v) is 4.03. The third-order valence-corrected chi connectivity index (χ3v) is 2.81. The van der Waals surface area contributed by atoms with E-state index >= 15 is 0 Å². The van der Waals surface area contributed by atoms with Crippen LogP contribution < -0.4 is 10.6 Å². The summed E-state index contributed by atoms with van der Waals surface area (Å²) in [5.41, 5.74) is 2.64. The summed E-state index contributed by atoms with van der Waals surface area (Å²) >= 11 is 0. The predicted octanol–water partition coefficient (Wildman–Crippen LogP) is 1.78. The molecule has 1 aromatic carbocycles. The Bertz CT molecular complexity index is 617. The van der Waals surface area contributed by atoms with Crippen molar-refractivity contribution in [3.8, 4) is 0 Å². The SMILES string of the molecule is O=C1NC(=O)c2cc(NCc3ccoc3)ccc21. The van der Waals surface area contributed by atoms with E-state index in [0.29, 0.717) is 17.7 Å². The molecule has 1 aliphatic rings. The molecule has 1 aromatic heterocycles. The Balaban J connectivity index is 1.81. The number of carbonyl (C=O) groups excluding carboxylic acids is 2. The number of fused-ring (bicyclic) bond motifs is 1. The van der Waals surface area contributed by atoms with Crippen LogP contribution in [0.2, 0.25) is 0 Å². The van der Waals surface area contributed by atoms with Crippen molar-refractivity contribution < 1.29 is 14.0 Å². The molecule has 0 saturated carbocycles. The molecule has 0 bridgehead atoms. The fourth-order valence-corrected chi connectivity index (χ4v) is 1.88. The minimum atomic E-state index is -0.345. The lowest BCUT2D eigenvalue weighted by atomic mass is 10.1. The quantitative estimate of drug-likeness (QED) is 0.805. The van der Waals surface area contributed by atoms with Crippen LogP contribution in [0.3, 0.4) is 0 Å². The Morgan fingerprint density at radius 3 is 2.72 bits per heavy atom. The van der Waals surface area contributed by atoms with Gasteiger partial charge >= 0.3 is 0 Å². The third-order valence-electron chi connectivity index (χ3n) is 2.81. The number of amides is 2. The van der Waals surface area contributed by atoms with Gasteiger partial charge in [-0.3, -0.25) is 14.9 Å². The number of imide groups is 1. The number of furan rings is 1. The lowest BCUT2D eigenvalue weighted by molar-refractivity contribution is 0.0879. The van der Waals surface area contributed by atoms with Crippen molar-refractivity contribution in [1.29, 1.82) is 0 Å². The maximum absolute atomic E-state index is 11.5. The lowest BCUT2D eigenvalue weighted by Crippen LogP contribution is -2.19. The van der Waals surface area contributed by atoms with Crippen molar-refractivity contribution in [1.82, 2.24) is 5.32 Å². The maximum atomic E-state index is 11.5. The normalized spacial score (nSPS) is 13.3. The Labute approximate surface area is 103 Å². The van der Waals surface area contributed by atoms with E-state index < -0.39 is 0 Å². The highest BCUT2D eigenvalue weighted by atomic mass is 16.3. The maximum Gasteiger partial charge on any atom is 0.259 e. The molecule has 1 aliphatic heterocycles. The van der Waals surface area contributed by atoms with Gasteiger partial charge in [0.2, 0.25) is 0 Å². The Morgan fingerprint density at radius 1 is 1.11 bits per heavy atom. The van der Waals surface area contributed by atoms with Crippen molar-refractivity contribution in [3.63, 3.8) is 0 Å². The molecule has 0 unspecified atom stereocenters. The van der Waals surface area contributed by atoms with Crippen molar-refractivity contribution in [2.75, 3.05) is 5.32 Å². The van der Waals surface area contributed by atoms with E-state index in [1.165, 1.54) is 0 Å². The van der Waals surface area contributed by atoms with Gasteiger partial charge in [-0.05, 0) is 24.3 Å². The molecule has 0 fully saturated rings. The number of benzene rings is 1. The van der Waals surface area contributed by atoms with Crippen LogP contribution in [-0.4, -0.2) is 11.8 Å². The lowest BCUT2D eigenvalue weighted by Gasteiger charge is -2.05. The van der Waals surface area contributed by atoms with Gasteiger partial charge in [0.15, 0.2) is 0 Å². The van der Waals surface area contributed by atoms with Gasteiger partial charge in [-0.15, -0.1) is 0 Å². The molecule has 0 atom stereocenters. The molecule has 0 spiro atoms. The Hall–Kier alpha value is -2.56. The molecular formula is C13H10N2O3. The van der Waals surface area contributed by atoms with Crippen LogP contribution in [-0.2, 0) is 6.54 Å². The van der Waals surface area contributed by atoms with Gasteiger partial charge in [-0.1, -0.05) is 0 Å². The van der Waals surface area contributed by atoms with Crippen molar-refractivity contribution in [3.05, 3.63) is 53.5 Å². The van der Waals surface area contributed by atoms with Gasteiger partial charge in [-0.2, -0.15) is 0 Å². The molecule has 90 valence electrons. The summed E-state index contributed by atoms with van der Waals surface area (Å²) in [6.45, 7) is 0.602. The smallest absolute Gasteiger partial charge is 0.259 e. The number of rotatable bonds is 3. The van der Waals surface area contributed by atoms with E-state index in [9.17, 15) is 9.59 Å². The number of hydrogen-bond donors (Lipinski definition) is 2. The first-order valence-corrected chi connectivity index (χ1v) is 5.49. The topological polar surface area (TPSA) is 71.3 Å². The number of anilines is 1. The minimum absolute atomic E-state index is 0.337. The minimum Gasteiger partial charge on any atom is -0.472 e. The zero-order valence-corrected chi connectivity index (χ0v) is 9.40. The fourth-order valence-electron chi connectivity index (χ4n) is 1.88. The largest absolute Gasteiger partial charge is 0.472 e. The highest BCUT2D eigenvalue weighted by Crippen LogP contribution is 2.20. The summed E-state index contributed by atoms with van der Waals surface area (Å²) in [5.74, 6) is -0.682. The van der Waals surface area contributed by atoms with Gasteiger partial charge < -0.3 is 9.73 Å². The van der Waals surface area contributed by atoms with Crippen LogP contribution in [0, 0.1) is 0 Å². The summed E-state index contributed by atoms with van der Waals surface area (Å²) in [7, 11) is 0. The summed E-state index contributed by atoms with van der Waals surface area (Å²) in [5, 5.41) is 5.42. The summed E-state index contributed by atoms with van der Waals surface area (Å²) < 4.78 is 4.96. The van der Waals surface area contributed by atoms with Crippen molar-refractivity contribution in [2.24, 2.45) is 0 Å². The second kappa shape index (κ2) is 4.03. The van der Waals surface area contributed by atoms with Gasteiger partial charge in [0.05, 0.1) is 23.7 Å². The molecule has 0 aliphatic carbocycles. The fraction of sp³-hybridized carbons (Fsp3) is 0.0769. The Morgan fingerprint density at radius 2 is 1.94 bits per heavy atom. The predicted molar refractivity (Wildman–Crippen MR) is 64.3 cm³/mol. The molecular weight excluding hydrogens is 232 g/mol. The van der Waals surface area contributed by atoms with Crippen LogP contribution in [0.25, 0.3) is 0 Å². The molecule has 2 aromatic rings. The summed E-state index contributed by atoms with van der Waals surface area (Å²) in [6, 6.07) is 6.95. The van der Waals surface area contributed by atoms with Gasteiger partial charge in [0.1, 0.15) is 0 Å². The van der Waals surface area contributed by atoms with Crippen LogP contribution in [0.1, 0.15) is 26.3 Å². The summed E-state index contributed by atoms with van der Waals surface area (Å²) in [6.07, 6.45) is 3.25. The van der Waals surface area contributed by atoms with Gasteiger partial charge in [0.25, 0.3) is 11.8 Å².